The van der Waals surface area contributed by atoms with Gasteiger partial charge in [-0.15, -0.1) is 0 Å². The molecule has 0 unspecified atom stereocenters. The number of benzene rings is 2. The molecule has 0 amide bonds. The van der Waals surface area contributed by atoms with Crippen LogP contribution < -0.4 is 10.2 Å². The van der Waals surface area contributed by atoms with Gasteiger partial charge in [-0.2, -0.15) is 0 Å². The van der Waals surface area contributed by atoms with Crippen LogP contribution in [0, 0.1) is 5.92 Å². The number of nitrogens with one attached hydrogen (secondary N) is 1. The molecule has 0 aliphatic carbocycles. The van der Waals surface area contributed by atoms with Gasteiger partial charge in [-0.25, -0.2) is 18.4 Å². The average molecular weight is 427 g/mol. The maximum absolute atomic E-state index is 11.9. The second-order valence-corrected chi connectivity index (χ2v) is 9.82. The molecule has 30 heavy (non-hydrogen) atoms. The molecule has 1 saturated heterocycles. The van der Waals surface area contributed by atoms with Gasteiger partial charge in [0.1, 0.15) is 12.1 Å². The molecule has 2 aromatic carbocycles. The van der Waals surface area contributed by atoms with Crippen molar-refractivity contribution in [2.24, 2.45) is 5.92 Å². The molecule has 1 fully saturated rings. The molecule has 1 aliphatic rings. The standard InChI is InChI=1S/C22H26N4O3S/c1-30(28,29)19-6-7-21-20(12-19)22(25-15-24-21)23-13-16-2-4-18(5-3-16)26-10-8-17(14-27)9-11-26/h2-7,12,15,17,27H,8-11,13-14H2,1H3,(H,23,24,25). The number of hydrogen-bond acceptors (Lipinski definition) is 7. The van der Waals surface area contributed by atoms with Crippen molar-refractivity contribution in [2.75, 3.05) is 36.2 Å². The van der Waals surface area contributed by atoms with E-state index >= 15 is 0 Å². The Labute approximate surface area is 176 Å². The van der Waals surface area contributed by atoms with Gasteiger partial charge in [0.15, 0.2) is 9.84 Å². The minimum Gasteiger partial charge on any atom is -0.396 e. The summed E-state index contributed by atoms with van der Waals surface area (Å²) in [5.41, 5.74) is 3.00. The summed E-state index contributed by atoms with van der Waals surface area (Å²) in [6.07, 6.45) is 4.72. The fraction of sp³-hybridized carbons (Fsp3) is 0.364. The molecule has 158 valence electrons. The van der Waals surface area contributed by atoms with Gasteiger partial charge < -0.3 is 15.3 Å². The Balaban J connectivity index is 1.46. The van der Waals surface area contributed by atoms with Gasteiger partial charge in [0, 0.05) is 43.6 Å². The van der Waals surface area contributed by atoms with E-state index in [-0.39, 0.29) is 11.5 Å². The lowest BCUT2D eigenvalue weighted by Gasteiger charge is -2.33. The number of fused-ring (bicyclic) bond motifs is 1. The van der Waals surface area contributed by atoms with Gasteiger partial charge in [-0.3, -0.25) is 0 Å². The number of anilines is 2. The van der Waals surface area contributed by atoms with E-state index in [1.54, 1.807) is 18.2 Å². The second-order valence-electron chi connectivity index (χ2n) is 7.81. The summed E-state index contributed by atoms with van der Waals surface area (Å²) in [5.74, 6) is 1.04. The minimum atomic E-state index is -3.30. The van der Waals surface area contributed by atoms with Crippen molar-refractivity contribution < 1.29 is 13.5 Å². The molecular weight excluding hydrogens is 400 g/mol. The molecule has 7 nitrogen and oxygen atoms in total. The predicted molar refractivity (Wildman–Crippen MR) is 118 cm³/mol. The summed E-state index contributed by atoms with van der Waals surface area (Å²) >= 11 is 0. The third-order valence-corrected chi connectivity index (χ3v) is 6.78. The number of nitrogens with zero attached hydrogens (tertiary/aromatic N) is 3. The number of rotatable bonds is 6. The zero-order valence-corrected chi connectivity index (χ0v) is 17.8. The smallest absolute Gasteiger partial charge is 0.175 e. The molecule has 3 aromatic rings. The average Bonchev–Trinajstić information content (AvgIpc) is 2.77. The first-order valence-electron chi connectivity index (χ1n) is 10.1. The number of sulfone groups is 1. The van der Waals surface area contributed by atoms with E-state index in [0.29, 0.717) is 29.2 Å². The van der Waals surface area contributed by atoms with Crippen molar-refractivity contribution in [1.29, 1.82) is 0 Å². The molecule has 0 atom stereocenters. The molecule has 2 N–H and O–H groups in total. The summed E-state index contributed by atoms with van der Waals surface area (Å²) in [4.78, 5) is 11.1. The van der Waals surface area contributed by atoms with E-state index in [2.05, 4.69) is 44.5 Å². The molecule has 2 heterocycles. The minimum absolute atomic E-state index is 0.252. The normalized spacial score (nSPS) is 15.5. The first kappa shape index (κ1) is 20.6. The molecule has 0 radical (unpaired) electrons. The summed E-state index contributed by atoms with van der Waals surface area (Å²) in [6.45, 7) is 2.79. The van der Waals surface area contributed by atoms with E-state index in [1.807, 2.05) is 0 Å². The van der Waals surface area contributed by atoms with Crippen molar-refractivity contribution in [2.45, 2.75) is 24.3 Å². The van der Waals surface area contributed by atoms with Crippen molar-refractivity contribution >= 4 is 32.2 Å². The van der Waals surface area contributed by atoms with Crippen molar-refractivity contribution in [1.82, 2.24) is 9.97 Å². The van der Waals surface area contributed by atoms with Crippen LogP contribution in [0.3, 0.4) is 0 Å². The second kappa shape index (κ2) is 8.57. The predicted octanol–water partition coefficient (Wildman–Crippen LogP) is 2.85. The van der Waals surface area contributed by atoms with Crippen LogP contribution in [-0.2, 0) is 16.4 Å². The Kier molecular flexibility index (Phi) is 5.87. The van der Waals surface area contributed by atoms with Crippen LogP contribution in [0.25, 0.3) is 10.9 Å². The highest BCUT2D eigenvalue weighted by Gasteiger charge is 2.18. The molecule has 0 saturated carbocycles. The molecule has 4 rings (SSSR count). The molecule has 0 bridgehead atoms. The lowest BCUT2D eigenvalue weighted by atomic mass is 9.97. The zero-order chi connectivity index (χ0) is 21.1. The fourth-order valence-electron chi connectivity index (χ4n) is 3.79. The van der Waals surface area contributed by atoms with Gasteiger partial charge in [-0.05, 0) is 54.7 Å². The Morgan fingerprint density at radius 2 is 1.83 bits per heavy atom. The van der Waals surface area contributed by atoms with Crippen LogP contribution in [0.5, 0.6) is 0 Å². The third-order valence-electron chi connectivity index (χ3n) is 5.67. The molecule has 1 aromatic heterocycles. The first-order valence-corrected chi connectivity index (χ1v) is 12.0. The van der Waals surface area contributed by atoms with Crippen LogP contribution in [0.15, 0.2) is 53.7 Å². The van der Waals surface area contributed by atoms with Crippen LogP contribution in [-0.4, -0.2) is 49.4 Å². The van der Waals surface area contributed by atoms with Crippen LogP contribution in [0.4, 0.5) is 11.5 Å². The maximum Gasteiger partial charge on any atom is 0.175 e. The van der Waals surface area contributed by atoms with Gasteiger partial charge in [-0.1, -0.05) is 12.1 Å². The Morgan fingerprint density at radius 1 is 1.10 bits per heavy atom. The highest BCUT2D eigenvalue weighted by atomic mass is 32.2. The molecule has 8 heteroatoms. The SMILES string of the molecule is CS(=O)(=O)c1ccc2ncnc(NCc3ccc(N4CCC(CO)CC4)cc3)c2c1. The number of aliphatic hydroxyl groups excluding tert-OH is 1. The van der Waals surface area contributed by atoms with E-state index in [1.165, 1.54) is 18.3 Å². The van der Waals surface area contributed by atoms with E-state index in [4.69, 9.17) is 0 Å². The van der Waals surface area contributed by atoms with Crippen molar-refractivity contribution in [3.63, 3.8) is 0 Å². The highest BCUT2D eigenvalue weighted by Crippen LogP contribution is 2.25. The van der Waals surface area contributed by atoms with E-state index in [0.717, 1.165) is 31.5 Å². The first-order chi connectivity index (χ1) is 14.4. The fourth-order valence-corrected chi connectivity index (χ4v) is 4.44. The van der Waals surface area contributed by atoms with Crippen molar-refractivity contribution in [3.8, 4) is 0 Å². The van der Waals surface area contributed by atoms with Gasteiger partial charge >= 0.3 is 0 Å². The number of aromatic nitrogens is 2. The molecular formula is C22H26N4O3S. The number of aliphatic hydroxyl groups is 1. The molecule has 1 aliphatic heterocycles. The third kappa shape index (κ3) is 4.55. The van der Waals surface area contributed by atoms with E-state index < -0.39 is 9.84 Å². The number of piperidine rings is 1. The number of hydrogen-bond donors (Lipinski definition) is 2. The Hall–Kier alpha value is -2.71. The van der Waals surface area contributed by atoms with Crippen LogP contribution >= 0.6 is 0 Å². The summed E-state index contributed by atoms with van der Waals surface area (Å²) < 4.78 is 23.8. The Bertz CT molecular complexity index is 1120. The van der Waals surface area contributed by atoms with Crippen molar-refractivity contribution in [3.05, 3.63) is 54.4 Å². The van der Waals surface area contributed by atoms with Crippen LogP contribution in [0.2, 0.25) is 0 Å². The maximum atomic E-state index is 11.9. The summed E-state index contributed by atoms with van der Waals surface area (Å²) in [6, 6.07) is 13.3. The largest absolute Gasteiger partial charge is 0.396 e. The quantitative estimate of drug-likeness (QED) is 0.626. The van der Waals surface area contributed by atoms with E-state index in [9.17, 15) is 13.5 Å². The van der Waals surface area contributed by atoms with Crippen LogP contribution in [0.1, 0.15) is 18.4 Å². The van der Waals surface area contributed by atoms with Gasteiger partial charge in [0.2, 0.25) is 0 Å². The Morgan fingerprint density at radius 3 is 2.50 bits per heavy atom. The van der Waals surface area contributed by atoms with Gasteiger partial charge in [0.25, 0.3) is 0 Å². The topological polar surface area (TPSA) is 95.4 Å². The lowest BCUT2D eigenvalue weighted by molar-refractivity contribution is 0.203. The van der Waals surface area contributed by atoms with Gasteiger partial charge in [0.05, 0.1) is 10.4 Å². The molecule has 0 spiro atoms. The monoisotopic (exact) mass is 426 g/mol. The zero-order valence-electron chi connectivity index (χ0n) is 17.0. The highest BCUT2D eigenvalue weighted by molar-refractivity contribution is 7.90. The summed E-state index contributed by atoms with van der Waals surface area (Å²) in [7, 11) is -3.30. The summed E-state index contributed by atoms with van der Waals surface area (Å²) in [5, 5.41) is 13.3. The lowest BCUT2D eigenvalue weighted by Crippen LogP contribution is -2.34.